The molecule has 0 fully saturated rings. The van der Waals surface area contributed by atoms with Gasteiger partial charge in [0, 0.05) is 18.0 Å². The van der Waals surface area contributed by atoms with Crippen molar-refractivity contribution in [2.24, 2.45) is 0 Å². The first-order valence-electron chi connectivity index (χ1n) is 4.89. The van der Waals surface area contributed by atoms with Gasteiger partial charge in [-0.05, 0) is 6.92 Å². The highest BCUT2D eigenvalue weighted by molar-refractivity contribution is 5.95. The molecule has 0 saturated heterocycles. The van der Waals surface area contributed by atoms with Crippen LogP contribution in [0.1, 0.15) is 22.8 Å². The Morgan fingerprint density at radius 2 is 2.44 bits per heavy atom. The summed E-state index contributed by atoms with van der Waals surface area (Å²) in [6.07, 6.45) is 6.50. The Bertz CT molecular complexity index is 545. The van der Waals surface area contributed by atoms with Gasteiger partial charge in [-0.15, -0.1) is 0 Å². The van der Waals surface area contributed by atoms with Gasteiger partial charge in [0.05, 0.1) is 12.8 Å². The SMILES string of the molecule is C=Cc1cnc2c(C(=O)OCC)cnn2c1. The predicted octanol–water partition coefficient (Wildman–Crippen LogP) is 1.55. The maximum Gasteiger partial charge on any atom is 0.343 e. The topological polar surface area (TPSA) is 56.5 Å². The number of ether oxygens (including phenoxy) is 1. The molecule has 0 amide bonds. The van der Waals surface area contributed by atoms with Crippen molar-refractivity contribution in [2.45, 2.75) is 6.92 Å². The summed E-state index contributed by atoms with van der Waals surface area (Å²) in [4.78, 5) is 15.7. The molecule has 0 unspecified atom stereocenters. The van der Waals surface area contributed by atoms with E-state index in [4.69, 9.17) is 4.74 Å². The number of esters is 1. The monoisotopic (exact) mass is 217 g/mol. The van der Waals surface area contributed by atoms with E-state index in [2.05, 4.69) is 16.7 Å². The van der Waals surface area contributed by atoms with E-state index in [1.165, 1.54) is 10.7 Å². The van der Waals surface area contributed by atoms with Gasteiger partial charge >= 0.3 is 5.97 Å². The van der Waals surface area contributed by atoms with Crippen molar-refractivity contribution in [3.63, 3.8) is 0 Å². The smallest absolute Gasteiger partial charge is 0.343 e. The third-order valence-electron chi connectivity index (χ3n) is 2.11. The molecule has 16 heavy (non-hydrogen) atoms. The standard InChI is InChI=1S/C11H11N3O2/c1-3-8-5-12-10-9(11(15)16-4-2)6-13-14(10)7-8/h3,5-7H,1,4H2,2H3. The van der Waals surface area contributed by atoms with E-state index in [-0.39, 0.29) is 0 Å². The number of rotatable bonds is 3. The summed E-state index contributed by atoms with van der Waals surface area (Å²) < 4.78 is 6.43. The normalized spacial score (nSPS) is 10.3. The molecule has 2 rings (SSSR count). The summed E-state index contributed by atoms with van der Waals surface area (Å²) in [5.41, 5.74) is 1.70. The van der Waals surface area contributed by atoms with Crippen molar-refractivity contribution in [3.05, 3.63) is 36.3 Å². The van der Waals surface area contributed by atoms with Crippen LogP contribution in [-0.4, -0.2) is 27.2 Å². The van der Waals surface area contributed by atoms with E-state index >= 15 is 0 Å². The van der Waals surface area contributed by atoms with Crippen LogP contribution < -0.4 is 0 Å². The first-order chi connectivity index (χ1) is 7.76. The van der Waals surface area contributed by atoms with Crippen LogP contribution in [0.4, 0.5) is 0 Å². The number of aromatic nitrogens is 3. The van der Waals surface area contributed by atoms with E-state index in [0.717, 1.165) is 5.56 Å². The second kappa shape index (κ2) is 4.14. The third-order valence-corrected chi connectivity index (χ3v) is 2.11. The molecule has 0 bridgehead atoms. The van der Waals surface area contributed by atoms with Crippen molar-refractivity contribution < 1.29 is 9.53 Å². The molecule has 0 atom stereocenters. The van der Waals surface area contributed by atoms with Crippen LogP contribution in [0.25, 0.3) is 11.7 Å². The zero-order valence-electron chi connectivity index (χ0n) is 8.88. The van der Waals surface area contributed by atoms with E-state index in [9.17, 15) is 4.79 Å². The fourth-order valence-electron chi connectivity index (χ4n) is 1.35. The van der Waals surface area contributed by atoms with Gasteiger partial charge < -0.3 is 4.74 Å². The largest absolute Gasteiger partial charge is 0.462 e. The molecule has 0 aliphatic carbocycles. The van der Waals surface area contributed by atoms with Gasteiger partial charge in [0.1, 0.15) is 5.56 Å². The van der Waals surface area contributed by atoms with E-state index in [1.807, 2.05) is 0 Å². The Morgan fingerprint density at radius 1 is 1.62 bits per heavy atom. The Hall–Kier alpha value is -2.17. The van der Waals surface area contributed by atoms with Gasteiger partial charge in [-0.1, -0.05) is 12.7 Å². The number of hydrogen-bond acceptors (Lipinski definition) is 4. The van der Waals surface area contributed by atoms with Crippen LogP contribution in [0, 0.1) is 0 Å². The van der Waals surface area contributed by atoms with E-state index < -0.39 is 5.97 Å². The molecular weight excluding hydrogens is 206 g/mol. The van der Waals surface area contributed by atoms with Gasteiger partial charge in [-0.25, -0.2) is 14.3 Å². The van der Waals surface area contributed by atoms with Crippen molar-refractivity contribution >= 4 is 17.7 Å². The second-order valence-corrected chi connectivity index (χ2v) is 3.14. The van der Waals surface area contributed by atoms with Crippen LogP contribution in [-0.2, 0) is 4.74 Å². The van der Waals surface area contributed by atoms with Crippen LogP contribution >= 0.6 is 0 Å². The molecule has 82 valence electrons. The zero-order valence-corrected chi connectivity index (χ0v) is 8.88. The summed E-state index contributed by atoms with van der Waals surface area (Å²) in [5, 5.41) is 4.04. The maximum atomic E-state index is 11.5. The van der Waals surface area contributed by atoms with Crippen molar-refractivity contribution in [1.29, 1.82) is 0 Å². The molecule has 0 spiro atoms. The lowest BCUT2D eigenvalue weighted by molar-refractivity contribution is 0.0528. The molecule has 5 heteroatoms. The first kappa shape index (κ1) is 10.4. The Labute approximate surface area is 92.4 Å². The number of hydrogen-bond donors (Lipinski definition) is 0. The number of fused-ring (bicyclic) bond motifs is 1. The first-order valence-corrected chi connectivity index (χ1v) is 4.89. The lowest BCUT2D eigenvalue weighted by Gasteiger charge is -1.99. The van der Waals surface area contributed by atoms with Crippen LogP contribution in [0.5, 0.6) is 0 Å². The molecule has 2 aromatic rings. The summed E-state index contributed by atoms with van der Waals surface area (Å²) >= 11 is 0. The minimum Gasteiger partial charge on any atom is -0.462 e. The Morgan fingerprint density at radius 3 is 3.12 bits per heavy atom. The quantitative estimate of drug-likeness (QED) is 0.732. The van der Waals surface area contributed by atoms with Gasteiger partial charge in [-0.2, -0.15) is 5.10 Å². The lowest BCUT2D eigenvalue weighted by atomic mass is 10.3. The minimum atomic E-state index is -0.406. The number of carbonyl (C=O) groups excluding carboxylic acids is 1. The summed E-state index contributed by atoms with van der Waals surface area (Å²) in [6, 6.07) is 0. The molecule has 0 radical (unpaired) electrons. The molecule has 0 saturated carbocycles. The van der Waals surface area contributed by atoms with Crippen LogP contribution in [0.2, 0.25) is 0 Å². The Balaban J connectivity index is 2.49. The molecule has 0 aromatic carbocycles. The molecule has 0 N–H and O–H groups in total. The van der Waals surface area contributed by atoms with Crippen molar-refractivity contribution in [1.82, 2.24) is 14.6 Å². The summed E-state index contributed by atoms with van der Waals surface area (Å²) in [5.74, 6) is -0.406. The predicted molar refractivity (Wildman–Crippen MR) is 59.0 cm³/mol. The average Bonchev–Trinajstić information content (AvgIpc) is 2.71. The fourth-order valence-corrected chi connectivity index (χ4v) is 1.35. The van der Waals surface area contributed by atoms with E-state index in [0.29, 0.717) is 17.8 Å². The van der Waals surface area contributed by atoms with Gasteiger partial charge in [0.2, 0.25) is 0 Å². The minimum absolute atomic E-state index is 0.334. The highest BCUT2D eigenvalue weighted by Crippen LogP contribution is 2.10. The highest BCUT2D eigenvalue weighted by atomic mass is 16.5. The van der Waals surface area contributed by atoms with Crippen LogP contribution in [0.15, 0.2) is 25.2 Å². The molecule has 0 aliphatic rings. The second-order valence-electron chi connectivity index (χ2n) is 3.14. The number of carbonyl (C=O) groups is 1. The number of nitrogens with zero attached hydrogens (tertiary/aromatic N) is 3. The maximum absolute atomic E-state index is 11.5. The average molecular weight is 217 g/mol. The molecular formula is C11H11N3O2. The van der Waals surface area contributed by atoms with E-state index in [1.54, 1.807) is 25.4 Å². The van der Waals surface area contributed by atoms with Gasteiger partial charge in [0.25, 0.3) is 0 Å². The van der Waals surface area contributed by atoms with Gasteiger partial charge in [0.15, 0.2) is 5.65 Å². The zero-order chi connectivity index (χ0) is 11.5. The molecule has 0 aliphatic heterocycles. The lowest BCUT2D eigenvalue weighted by Crippen LogP contribution is -2.04. The van der Waals surface area contributed by atoms with Crippen molar-refractivity contribution in [3.8, 4) is 0 Å². The van der Waals surface area contributed by atoms with Gasteiger partial charge in [-0.3, -0.25) is 0 Å². The fraction of sp³-hybridized carbons (Fsp3) is 0.182. The molecule has 2 aromatic heterocycles. The highest BCUT2D eigenvalue weighted by Gasteiger charge is 2.14. The Kier molecular flexibility index (Phi) is 2.68. The van der Waals surface area contributed by atoms with Crippen LogP contribution in [0.3, 0.4) is 0 Å². The summed E-state index contributed by atoms with van der Waals surface area (Å²) in [7, 11) is 0. The summed E-state index contributed by atoms with van der Waals surface area (Å²) in [6.45, 7) is 5.73. The molecule has 5 nitrogen and oxygen atoms in total. The third kappa shape index (κ3) is 1.67. The molecule has 2 heterocycles. The van der Waals surface area contributed by atoms with Crippen molar-refractivity contribution in [2.75, 3.05) is 6.61 Å².